The zero-order valence-electron chi connectivity index (χ0n) is 10.2. The standard InChI is InChI=1S/C12H16N2O4/c1-18-12(17)10-3-2-6-14(10)11(16)9-5-4-8(7-15)13-9/h4-5,10,13,15H,2-3,6-7H2,1H3/t10-/m0/s1. The van der Waals surface area contributed by atoms with Crippen LogP contribution in [-0.2, 0) is 16.1 Å². The Balaban J connectivity index is 2.15. The van der Waals surface area contributed by atoms with Crippen LogP contribution in [0.4, 0.5) is 0 Å². The summed E-state index contributed by atoms with van der Waals surface area (Å²) >= 11 is 0. The molecule has 0 bridgehead atoms. The number of esters is 1. The average Bonchev–Trinajstić information content (AvgIpc) is 3.05. The summed E-state index contributed by atoms with van der Waals surface area (Å²) < 4.78 is 4.69. The van der Waals surface area contributed by atoms with Crippen molar-refractivity contribution in [2.24, 2.45) is 0 Å². The first-order chi connectivity index (χ1) is 8.67. The van der Waals surface area contributed by atoms with Crippen molar-refractivity contribution >= 4 is 11.9 Å². The smallest absolute Gasteiger partial charge is 0.328 e. The number of hydrogen-bond donors (Lipinski definition) is 2. The highest BCUT2D eigenvalue weighted by atomic mass is 16.5. The summed E-state index contributed by atoms with van der Waals surface area (Å²) in [6.45, 7) is 0.403. The Morgan fingerprint density at radius 1 is 1.56 bits per heavy atom. The summed E-state index contributed by atoms with van der Waals surface area (Å²) in [6, 6.07) is 2.76. The average molecular weight is 252 g/mol. The summed E-state index contributed by atoms with van der Waals surface area (Å²) in [4.78, 5) is 28.1. The van der Waals surface area contributed by atoms with Crippen LogP contribution in [0.1, 0.15) is 29.0 Å². The fourth-order valence-corrected chi connectivity index (χ4v) is 2.20. The highest BCUT2D eigenvalue weighted by Crippen LogP contribution is 2.21. The van der Waals surface area contributed by atoms with E-state index in [1.807, 2.05) is 0 Å². The number of aliphatic hydroxyl groups is 1. The Morgan fingerprint density at radius 2 is 2.33 bits per heavy atom. The molecule has 0 saturated carbocycles. The van der Waals surface area contributed by atoms with Crippen LogP contribution in [0.3, 0.4) is 0 Å². The third-order valence-corrected chi connectivity index (χ3v) is 3.13. The van der Waals surface area contributed by atoms with Crippen molar-refractivity contribution in [3.05, 3.63) is 23.5 Å². The van der Waals surface area contributed by atoms with Crippen LogP contribution in [0, 0.1) is 0 Å². The predicted octanol–water partition coefficient (Wildman–Crippen LogP) is 0.285. The summed E-state index contributed by atoms with van der Waals surface area (Å²) in [5, 5.41) is 8.95. The van der Waals surface area contributed by atoms with Crippen LogP contribution in [0.2, 0.25) is 0 Å². The largest absolute Gasteiger partial charge is 0.467 e. The van der Waals surface area contributed by atoms with Gasteiger partial charge in [0.05, 0.1) is 13.7 Å². The molecule has 1 aliphatic rings. The number of carbonyl (C=O) groups is 2. The van der Waals surface area contributed by atoms with Crippen LogP contribution in [0.15, 0.2) is 12.1 Å². The molecule has 1 saturated heterocycles. The van der Waals surface area contributed by atoms with Crippen LogP contribution >= 0.6 is 0 Å². The molecule has 1 aliphatic heterocycles. The quantitative estimate of drug-likeness (QED) is 0.757. The van der Waals surface area contributed by atoms with Gasteiger partial charge in [0, 0.05) is 12.2 Å². The number of ether oxygens (including phenoxy) is 1. The number of aliphatic hydroxyl groups excluding tert-OH is 1. The van der Waals surface area contributed by atoms with Crippen molar-refractivity contribution in [2.75, 3.05) is 13.7 Å². The number of carbonyl (C=O) groups excluding carboxylic acids is 2. The molecule has 0 spiro atoms. The van der Waals surface area contributed by atoms with E-state index in [0.29, 0.717) is 24.4 Å². The molecule has 1 amide bonds. The van der Waals surface area contributed by atoms with Gasteiger partial charge in [0.15, 0.2) is 0 Å². The highest BCUT2D eigenvalue weighted by Gasteiger charge is 2.35. The molecule has 2 heterocycles. The van der Waals surface area contributed by atoms with E-state index in [9.17, 15) is 9.59 Å². The SMILES string of the molecule is COC(=O)[C@@H]1CCCN1C(=O)c1ccc(CO)[nH]1. The van der Waals surface area contributed by atoms with Crippen molar-refractivity contribution in [1.82, 2.24) is 9.88 Å². The number of hydrogen-bond acceptors (Lipinski definition) is 4. The number of H-pyrrole nitrogens is 1. The first-order valence-corrected chi connectivity index (χ1v) is 5.85. The molecule has 1 fully saturated rings. The molecule has 6 nitrogen and oxygen atoms in total. The van der Waals surface area contributed by atoms with Gasteiger partial charge in [0.1, 0.15) is 11.7 Å². The Labute approximate surface area is 105 Å². The van der Waals surface area contributed by atoms with E-state index in [0.717, 1.165) is 6.42 Å². The molecule has 0 aromatic carbocycles. The second kappa shape index (κ2) is 5.22. The number of likely N-dealkylation sites (tertiary alicyclic amines) is 1. The fourth-order valence-electron chi connectivity index (χ4n) is 2.20. The van der Waals surface area contributed by atoms with Gasteiger partial charge in [-0.15, -0.1) is 0 Å². The molecule has 1 aromatic rings. The predicted molar refractivity (Wildman–Crippen MR) is 62.8 cm³/mol. The highest BCUT2D eigenvalue weighted by molar-refractivity contribution is 5.95. The lowest BCUT2D eigenvalue weighted by Crippen LogP contribution is -2.41. The molecule has 2 N–H and O–H groups in total. The summed E-state index contributed by atoms with van der Waals surface area (Å²) in [6.07, 6.45) is 1.42. The maximum atomic E-state index is 12.2. The van der Waals surface area contributed by atoms with E-state index in [4.69, 9.17) is 9.84 Å². The third-order valence-electron chi connectivity index (χ3n) is 3.13. The molecule has 0 radical (unpaired) electrons. The van der Waals surface area contributed by atoms with Gasteiger partial charge >= 0.3 is 5.97 Å². The van der Waals surface area contributed by atoms with E-state index >= 15 is 0 Å². The molecule has 1 atom stereocenters. The second-order valence-electron chi connectivity index (χ2n) is 4.24. The van der Waals surface area contributed by atoms with Gasteiger partial charge in [0.2, 0.25) is 0 Å². The zero-order valence-corrected chi connectivity index (χ0v) is 10.2. The van der Waals surface area contributed by atoms with Crippen molar-refractivity contribution in [3.8, 4) is 0 Å². The third kappa shape index (κ3) is 2.24. The minimum absolute atomic E-state index is 0.145. The summed E-state index contributed by atoms with van der Waals surface area (Å²) in [5.74, 6) is -0.614. The van der Waals surface area contributed by atoms with Crippen molar-refractivity contribution < 1.29 is 19.4 Å². The number of nitrogens with one attached hydrogen (secondary N) is 1. The molecular formula is C12H16N2O4. The van der Waals surface area contributed by atoms with E-state index < -0.39 is 6.04 Å². The molecule has 18 heavy (non-hydrogen) atoms. The molecule has 0 aliphatic carbocycles. The number of amides is 1. The Kier molecular flexibility index (Phi) is 3.66. The lowest BCUT2D eigenvalue weighted by atomic mass is 10.2. The van der Waals surface area contributed by atoms with Crippen molar-refractivity contribution in [1.29, 1.82) is 0 Å². The van der Waals surface area contributed by atoms with Crippen LogP contribution in [0.5, 0.6) is 0 Å². The van der Waals surface area contributed by atoms with Crippen LogP contribution in [0.25, 0.3) is 0 Å². The zero-order chi connectivity index (χ0) is 13.1. The molecule has 98 valence electrons. The van der Waals surface area contributed by atoms with E-state index in [2.05, 4.69) is 4.98 Å². The van der Waals surface area contributed by atoms with E-state index in [-0.39, 0.29) is 18.5 Å². The van der Waals surface area contributed by atoms with Gasteiger partial charge in [-0.2, -0.15) is 0 Å². The lowest BCUT2D eigenvalue weighted by Gasteiger charge is -2.21. The molecule has 1 aromatic heterocycles. The Morgan fingerprint density at radius 3 is 2.94 bits per heavy atom. The molecule has 0 unspecified atom stereocenters. The monoisotopic (exact) mass is 252 g/mol. The number of methoxy groups -OCH3 is 1. The number of aromatic nitrogens is 1. The molecular weight excluding hydrogens is 236 g/mol. The minimum Gasteiger partial charge on any atom is -0.467 e. The van der Waals surface area contributed by atoms with Gasteiger partial charge in [-0.25, -0.2) is 4.79 Å². The van der Waals surface area contributed by atoms with Crippen molar-refractivity contribution in [2.45, 2.75) is 25.5 Å². The van der Waals surface area contributed by atoms with Crippen molar-refractivity contribution in [3.63, 3.8) is 0 Å². The first kappa shape index (κ1) is 12.6. The van der Waals surface area contributed by atoms with Gasteiger partial charge < -0.3 is 19.7 Å². The second-order valence-corrected chi connectivity index (χ2v) is 4.24. The van der Waals surface area contributed by atoms with E-state index in [1.54, 1.807) is 12.1 Å². The maximum absolute atomic E-state index is 12.2. The van der Waals surface area contributed by atoms with Gasteiger partial charge in [-0.05, 0) is 25.0 Å². The summed E-state index contributed by atoms with van der Waals surface area (Å²) in [5.41, 5.74) is 0.960. The fraction of sp³-hybridized carbons (Fsp3) is 0.500. The van der Waals surface area contributed by atoms with Gasteiger partial charge in [0.25, 0.3) is 5.91 Å². The minimum atomic E-state index is -0.497. The molecule has 6 heteroatoms. The van der Waals surface area contributed by atoms with Gasteiger partial charge in [-0.3, -0.25) is 4.79 Å². The first-order valence-electron chi connectivity index (χ1n) is 5.85. The summed E-state index contributed by atoms with van der Waals surface area (Å²) in [7, 11) is 1.32. The lowest BCUT2D eigenvalue weighted by molar-refractivity contribution is -0.145. The number of aromatic amines is 1. The van der Waals surface area contributed by atoms with Gasteiger partial charge in [-0.1, -0.05) is 0 Å². The normalized spacial score (nSPS) is 19.0. The number of rotatable bonds is 3. The van der Waals surface area contributed by atoms with Crippen LogP contribution < -0.4 is 0 Å². The Bertz CT molecular complexity index is 455. The topological polar surface area (TPSA) is 82.6 Å². The number of nitrogens with zero attached hydrogens (tertiary/aromatic N) is 1. The maximum Gasteiger partial charge on any atom is 0.328 e. The molecule has 2 rings (SSSR count). The van der Waals surface area contributed by atoms with E-state index in [1.165, 1.54) is 12.0 Å². The van der Waals surface area contributed by atoms with Crippen LogP contribution in [-0.4, -0.2) is 46.6 Å². The Hall–Kier alpha value is -1.82.